The fourth-order valence-electron chi connectivity index (χ4n) is 2.66. The molecule has 130 valence electrons. The van der Waals surface area contributed by atoms with Gasteiger partial charge in [0, 0.05) is 32.2 Å². The lowest BCUT2D eigenvalue weighted by molar-refractivity contribution is 0.177. The Morgan fingerprint density at radius 2 is 2.46 bits per heavy atom. The Kier molecular flexibility index (Phi) is 5.42. The summed E-state index contributed by atoms with van der Waals surface area (Å²) in [4.78, 5) is 9.04. The number of hydrogen-bond acceptors (Lipinski definition) is 6. The van der Waals surface area contributed by atoms with Gasteiger partial charge in [-0.2, -0.15) is 5.10 Å². The van der Waals surface area contributed by atoms with Crippen molar-refractivity contribution in [3.63, 3.8) is 0 Å². The van der Waals surface area contributed by atoms with E-state index in [2.05, 4.69) is 30.9 Å². The van der Waals surface area contributed by atoms with E-state index < -0.39 is 0 Å². The number of aromatic nitrogens is 4. The highest BCUT2D eigenvalue weighted by atomic mass is 16.5. The summed E-state index contributed by atoms with van der Waals surface area (Å²) in [5.74, 6) is 2.52. The van der Waals surface area contributed by atoms with Gasteiger partial charge in [-0.05, 0) is 13.3 Å². The number of rotatable bonds is 6. The van der Waals surface area contributed by atoms with Gasteiger partial charge in [0.25, 0.3) is 0 Å². The quantitative estimate of drug-likeness (QED) is 0.585. The van der Waals surface area contributed by atoms with Gasteiger partial charge in [-0.25, -0.2) is 14.7 Å². The average Bonchev–Trinajstić information content (AvgIpc) is 3.21. The van der Waals surface area contributed by atoms with Gasteiger partial charge in [0.15, 0.2) is 11.8 Å². The third-order valence-corrected chi connectivity index (χ3v) is 3.75. The van der Waals surface area contributed by atoms with Crippen LogP contribution < -0.4 is 10.6 Å². The van der Waals surface area contributed by atoms with E-state index in [4.69, 9.17) is 9.26 Å². The van der Waals surface area contributed by atoms with Crippen molar-refractivity contribution in [1.82, 2.24) is 30.6 Å². The number of hydrogen-bond donors (Lipinski definition) is 2. The van der Waals surface area contributed by atoms with E-state index in [9.17, 15) is 0 Å². The molecule has 0 saturated carbocycles. The summed E-state index contributed by atoms with van der Waals surface area (Å²) in [6.07, 6.45) is 3.42. The zero-order chi connectivity index (χ0) is 16.8. The largest absolute Gasteiger partial charge is 0.377 e. The molecule has 9 heteroatoms. The minimum atomic E-state index is 0.254. The number of guanidine groups is 1. The van der Waals surface area contributed by atoms with Crippen molar-refractivity contribution in [3.8, 4) is 0 Å². The number of methoxy groups -OCH3 is 1. The van der Waals surface area contributed by atoms with Gasteiger partial charge in [0.1, 0.15) is 24.4 Å². The molecule has 2 aromatic heterocycles. The van der Waals surface area contributed by atoms with Gasteiger partial charge in [0.2, 0.25) is 0 Å². The smallest absolute Gasteiger partial charge is 0.191 e. The van der Waals surface area contributed by atoms with E-state index in [0.717, 1.165) is 49.2 Å². The molecular formula is C15H23N7O2. The molecule has 1 atom stereocenters. The zero-order valence-electron chi connectivity index (χ0n) is 14.0. The summed E-state index contributed by atoms with van der Waals surface area (Å²) >= 11 is 0. The van der Waals surface area contributed by atoms with Crippen molar-refractivity contribution in [2.24, 2.45) is 4.99 Å². The van der Waals surface area contributed by atoms with Gasteiger partial charge < -0.3 is 19.9 Å². The second kappa shape index (κ2) is 7.91. The standard InChI is InChI=1S/C15H23N7O2/c1-3-16-15(17-8-11-6-7-24-21-11)18-12-4-5-14-19-13(10-23-2)20-22(14)9-12/h6-7,12H,3-5,8-10H2,1-2H3,(H2,16,17,18). The lowest BCUT2D eigenvalue weighted by Crippen LogP contribution is -2.47. The SMILES string of the molecule is CCNC(=NCc1ccon1)NC1CCc2nc(COC)nn2C1. The molecule has 2 aromatic rings. The first-order valence-corrected chi connectivity index (χ1v) is 8.14. The molecule has 0 spiro atoms. The molecule has 3 rings (SSSR count). The van der Waals surface area contributed by atoms with E-state index in [1.54, 1.807) is 13.4 Å². The summed E-state index contributed by atoms with van der Waals surface area (Å²) < 4.78 is 11.9. The topological polar surface area (TPSA) is 102 Å². The van der Waals surface area contributed by atoms with E-state index in [-0.39, 0.29) is 6.04 Å². The normalized spacial score (nSPS) is 17.6. The second-order valence-electron chi connectivity index (χ2n) is 5.63. The van der Waals surface area contributed by atoms with Gasteiger partial charge >= 0.3 is 0 Å². The summed E-state index contributed by atoms with van der Waals surface area (Å²) in [5.41, 5.74) is 0.804. The Balaban J connectivity index is 1.61. The van der Waals surface area contributed by atoms with Crippen molar-refractivity contribution in [2.75, 3.05) is 13.7 Å². The molecule has 0 fully saturated rings. The first-order valence-electron chi connectivity index (χ1n) is 8.14. The lowest BCUT2D eigenvalue weighted by atomic mass is 10.1. The first kappa shape index (κ1) is 16.4. The molecule has 0 aromatic carbocycles. The van der Waals surface area contributed by atoms with Crippen LogP contribution in [0.25, 0.3) is 0 Å². The molecule has 1 aliphatic rings. The average molecular weight is 333 g/mol. The Bertz CT molecular complexity index is 665. The van der Waals surface area contributed by atoms with E-state index in [1.807, 2.05) is 17.7 Å². The maximum absolute atomic E-state index is 5.10. The summed E-state index contributed by atoms with van der Waals surface area (Å²) in [5, 5.41) is 15.1. The third kappa shape index (κ3) is 4.10. The molecule has 0 radical (unpaired) electrons. The molecule has 24 heavy (non-hydrogen) atoms. The molecule has 2 N–H and O–H groups in total. The predicted molar refractivity (Wildman–Crippen MR) is 87.3 cm³/mol. The van der Waals surface area contributed by atoms with Crippen LogP contribution >= 0.6 is 0 Å². The third-order valence-electron chi connectivity index (χ3n) is 3.75. The number of ether oxygens (including phenoxy) is 1. The van der Waals surface area contributed by atoms with Crippen LogP contribution in [0.1, 0.15) is 30.7 Å². The van der Waals surface area contributed by atoms with Crippen molar-refractivity contribution in [1.29, 1.82) is 0 Å². The van der Waals surface area contributed by atoms with Crippen LogP contribution in [0, 0.1) is 0 Å². The Morgan fingerprint density at radius 1 is 1.54 bits per heavy atom. The van der Waals surface area contributed by atoms with Crippen LogP contribution in [0.4, 0.5) is 0 Å². The van der Waals surface area contributed by atoms with E-state index in [1.165, 1.54) is 0 Å². The molecule has 0 saturated heterocycles. The van der Waals surface area contributed by atoms with Crippen LogP contribution in [-0.2, 0) is 30.9 Å². The summed E-state index contributed by atoms with van der Waals surface area (Å²) in [7, 11) is 1.65. The molecular weight excluding hydrogens is 310 g/mol. The van der Waals surface area contributed by atoms with Gasteiger partial charge in [0.05, 0.1) is 13.1 Å². The molecule has 0 amide bonds. The van der Waals surface area contributed by atoms with Crippen molar-refractivity contribution >= 4 is 5.96 Å². The van der Waals surface area contributed by atoms with Gasteiger partial charge in [-0.3, -0.25) is 0 Å². The lowest BCUT2D eigenvalue weighted by Gasteiger charge is -2.25. The van der Waals surface area contributed by atoms with Crippen LogP contribution in [-0.4, -0.2) is 45.6 Å². The van der Waals surface area contributed by atoms with Crippen molar-refractivity contribution < 1.29 is 9.26 Å². The maximum Gasteiger partial charge on any atom is 0.191 e. The number of nitrogens with zero attached hydrogens (tertiary/aromatic N) is 5. The summed E-state index contributed by atoms with van der Waals surface area (Å²) in [6.45, 7) is 4.52. The Hall–Kier alpha value is -2.42. The Morgan fingerprint density at radius 3 is 3.21 bits per heavy atom. The molecule has 0 bridgehead atoms. The molecule has 1 aliphatic heterocycles. The van der Waals surface area contributed by atoms with Gasteiger partial charge in [-0.1, -0.05) is 5.16 Å². The highest BCUT2D eigenvalue weighted by Gasteiger charge is 2.22. The highest BCUT2D eigenvalue weighted by Crippen LogP contribution is 2.13. The monoisotopic (exact) mass is 333 g/mol. The van der Waals surface area contributed by atoms with E-state index in [0.29, 0.717) is 13.2 Å². The number of fused-ring (bicyclic) bond motifs is 1. The first-order chi connectivity index (χ1) is 11.8. The highest BCUT2D eigenvalue weighted by molar-refractivity contribution is 5.80. The molecule has 3 heterocycles. The Labute approximate surface area is 140 Å². The van der Waals surface area contributed by atoms with Crippen molar-refractivity contribution in [3.05, 3.63) is 29.7 Å². The molecule has 0 aliphatic carbocycles. The van der Waals surface area contributed by atoms with Crippen LogP contribution in [0.2, 0.25) is 0 Å². The molecule has 9 nitrogen and oxygen atoms in total. The van der Waals surface area contributed by atoms with Gasteiger partial charge in [-0.15, -0.1) is 0 Å². The number of aliphatic imine (C=N–C) groups is 1. The van der Waals surface area contributed by atoms with Crippen LogP contribution in [0.3, 0.4) is 0 Å². The van der Waals surface area contributed by atoms with Crippen LogP contribution in [0.5, 0.6) is 0 Å². The predicted octanol–water partition coefficient (Wildman–Crippen LogP) is 0.483. The summed E-state index contributed by atoms with van der Waals surface area (Å²) in [6, 6.07) is 2.07. The zero-order valence-corrected chi connectivity index (χ0v) is 14.0. The maximum atomic E-state index is 5.10. The second-order valence-corrected chi connectivity index (χ2v) is 5.63. The van der Waals surface area contributed by atoms with Crippen LogP contribution in [0.15, 0.2) is 21.8 Å². The minimum Gasteiger partial charge on any atom is -0.377 e. The molecule has 1 unspecified atom stereocenters. The number of nitrogens with one attached hydrogen (secondary N) is 2. The number of aryl methyl sites for hydroxylation is 1. The van der Waals surface area contributed by atoms with Crippen molar-refractivity contribution in [2.45, 2.75) is 45.5 Å². The fraction of sp³-hybridized carbons (Fsp3) is 0.600. The minimum absolute atomic E-state index is 0.254. The van der Waals surface area contributed by atoms with E-state index >= 15 is 0 Å². The fourth-order valence-corrected chi connectivity index (χ4v) is 2.66.